The second-order valence-corrected chi connectivity index (χ2v) is 8.69. The van der Waals surface area contributed by atoms with Crippen molar-refractivity contribution >= 4 is 17.8 Å². The maximum atomic E-state index is 13.1. The first-order valence-electron chi connectivity index (χ1n) is 11.4. The van der Waals surface area contributed by atoms with Gasteiger partial charge in [0.15, 0.2) is 6.29 Å². The van der Waals surface area contributed by atoms with Crippen molar-refractivity contribution < 1.29 is 9.59 Å². The van der Waals surface area contributed by atoms with E-state index < -0.39 is 6.29 Å². The standard InChI is InChI=1S/C25H28N6O2/c1-16-15-21(31(30-16)24-26-20-14-8-13-19(20)23(32)29-24)27-25(33)28-22(17-9-4-2-5-10-17)18-11-6-3-7-12-18/h2-7,9-12,15,19-20,22,24,26H,8,13-14H2,1H3,(H,29,32)(H2,27,28,33). The van der Waals surface area contributed by atoms with Gasteiger partial charge in [-0.25, -0.2) is 9.48 Å². The number of hydrogen-bond acceptors (Lipinski definition) is 4. The predicted octanol–water partition coefficient (Wildman–Crippen LogP) is 3.45. The van der Waals surface area contributed by atoms with Crippen LogP contribution in [0.4, 0.5) is 10.6 Å². The number of aryl methyl sites for hydroxylation is 1. The first-order valence-corrected chi connectivity index (χ1v) is 11.4. The van der Waals surface area contributed by atoms with E-state index in [1.165, 1.54) is 0 Å². The summed E-state index contributed by atoms with van der Waals surface area (Å²) in [5, 5.41) is 17.0. The van der Waals surface area contributed by atoms with Gasteiger partial charge >= 0.3 is 6.03 Å². The monoisotopic (exact) mass is 444 g/mol. The van der Waals surface area contributed by atoms with Crippen molar-refractivity contribution in [3.8, 4) is 0 Å². The topological polar surface area (TPSA) is 100 Å². The lowest BCUT2D eigenvalue weighted by Crippen LogP contribution is -2.57. The van der Waals surface area contributed by atoms with E-state index in [9.17, 15) is 9.59 Å². The minimum absolute atomic E-state index is 0.00937. The molecule has 1 aliphatic carbocycles. The second-order valence-electron chi connectivity index (χ2n) is 8.69. The van der Waals surface area contributed by atoms with Gasteiger partial charge in [0, 0.05) is 12.1 Å². The summed E-state index contributed by atoms with van der Waals surface area (Å²) in [6.07, 6.45) is 2.41. The molecule has 2 fully saturated rings. The quantitative estimate of drug-likeness (QED) is 0.484. The molecule has 0 spiro atoms. The van der Waals surface area contributed by atoms with Gasteiger partial charge < -0.3 is 10.6 Å². The molecule has 2 aliphatic rings. The van der Waals surface area contributed by atoms with Crippen LogP contribution in [0.25, 0.3) is 0 Å². The Hall–Kier alpha value is -3.65. The molecule has 3 amide bonds. The lowest BCUT2D eigenvalue weighted by molar-refractivity contribution is -0.130. The number of amides is 3. The van der Waals surface area contributed by atoms with Gasteiger partial charge in [0.25, 0.3) is 0 Å². The lowest BCUT2D eigenvalue weighted by atomic mass is 9.99. The Morgan fingerprint density at radius 3 is 2.39 bits per heavy atom. The zero-order valence-electron chi connectivity index (χ0n) is 18.5. The zero-order valence-corrected chi connectivity index (χ0v) is 18.5. The third-order valence-corrected chi connectivity index (χ3v) is 6.39. The Bertz CT molecular complexity index is 1090. The molecule has 4 N–H and O–H groups in total. The van der Waals surface area contributed by atoms with Crippen molar-refractivity contribution in [2.75, 3.05) is 5.32 Å². The van der Waals surface area contributed by atoms with E-state index >= 15 is 0 Å². The number of benzene rings is 2. The molecule has 1 aliphatic heterocycles. The van der Waals surface area contributed by atoms with Gasteiger partial charge in [-0.2, -0.15) is 5.10 Å². The predicted molar refractivity (Wildman–Crippen MR) is 125 cm³/mol. The normalized spacial score (nSPS) is 22.0. The molecule has 3 unspecified atom stereocenters. The third-order valence-electron chi connectivity index (χ3n) is 6.39. The summed E-state index contributed by atoms with van der Waals surface area (Å²) in [6, 6.07) is 21.0. The Kier molecular flexibility index (Phi) is 5.83. The van der Waals surface area contributed by atoms with Crippen LogP contribution in [0.3, 0.4) is 0 Å². The fourth-order valence-electron chi connectivity index (χ4n) is 4.83. The summed E-state index contributed by atoms with van der Waals surface area (Å²) in [7, 11) is 0. The Morgan fingerprint density at radius 1 is 1.06 bits per heavy atom. The summed E-state index contributed by atoms with van der Waals surface area (Å²) in [5.74, 6) is 0.562. The average Bonchev–Trinajstić information content (AvgIpc) is 3.45. The molecule has 8 heteroatoms. The molecule has 0 radical (unpaired) electrons. The van der Waals surface area contributed by atoms with Crippen LogP contribution in [0.1, 0.15) is 48.4 Å². The number of carbonyl (C=O) groups is 2. The molecule has 3 aromatic rings. The number of hydrogen-bond donors (Lipinski definition) is 4. The average molecular weight is 445 g/mol. The van der Waals surface area contributed by atoms with Crippen LogP contribution in [-0.4, -0.2) is 27.8 Å². The van der Waals surface area contributed by atoms with Crippen molar-refractivity contribution in [2.24, 2.45) is 5.92 Å². The van der Waals surface area contributed by atoms with Gasteiger partial charge in [0.05, 0.1) is 17.7 Å². The molecule has 8 nitrogen and oxygen atoms in total. The maximum absolute atomic E-state index is 13.1. The summed E-state index contributed by atoms with van der Waals surface area (Å²) in [6.45, 7) is 1.86. The molecule has 1 saturated heterocycles. The molecule has 170 valence electrons. The number of rotatable bonds is 5. The van der Waals surface area contributed by atoms with E-state index in [2.05, 4.69) is 26.4 Å². The van der Waals surface area contributed by atoms with Gasteiger partial charge in [-0.05, 0) is 30.9 Å². The highest BCUT2D eigenvalue weighted by atomic mass is 16.2. The molecule has 2 heterocycles. The minimum atomic E-state index is -0.500. The second kappa shape index (κ2) is 9.07. The van der Waals surface area contributed by atoms with Crippen LogP contribution in [0, 0.1) is 12.8 Å². The van der Waals surface area contributed by atoms with Crippen molar-refractivity contribution in [1.29, 1.82) is 0 Å². The fourth-order valence-corrected chi connectivity index (χ4v) is 4.83. The molecule has 3 atom stereocenters. The number of urea groups is 1. The number of nitrogens with zero attached hydrogens (tertiary/aromatic N) is 2. The van der Waals surface area contributed by atoms with Gasteiger partial charge in [0.1, 0.15) is 5.82 Å². The minimum Gasteiger partial charge on any atom is -0.327 e. The molecule has 1 saturated carbocycles. The van der Waals surface area contributed by atoms with Crippen molar-refractivity contribution in [3.63, 3.8) is 0 Å². The van der Waals surface area contributed by atoms with Gasteiger partial charge in [-0.15, -0.1) is 0 Å². The number of carbonyl (C=O) groups excluding carboxylic acids is 2. The van der Waals surface area contributed by atoms with E-state index in [0.29, 0.717) is 5.82 Å². The van der Waals surface area contributed by atoms with Crippen molar-refractivity contribution in [3.05, 3.63) is 83.6 Å². The van der Waals surface area contributed by atoms with Gasteiger partial charge in [0.2, 0.25) is 5.91 Å². The Labute approximate surface area is 192 Å². The van der Waals surface area contributed by atoms with Crippen molar-refractivity contribution in [2.45, 2.75) is 44.6 Å². The first kappa shape index (κ1) is 21.2. The summed E-state index contributed by atoms with van der Waals surface area (Å²) < 4.78 is 1.64. The maximum Gasteiger partial charge on any atom is 0.321 e. The molecule has 1 aromatic heterocycles. The third kappa shape index (κ3) is 4.47. The van der Waals surface area contributed by atoms with Crippen molar-refractivity contribution in [1.82, 2.24) is 25.7 Å². The highest BCUT2D eigenvalue weighted by Crippen LogP contribution is 2.31. The van der Waals surface area contributed by atoms with Gasteiger partial charge in [-0.1, -0.05) is 67.1 Å². The van der Waals surface area contributed by atoms with E-state index in [1.54, 1.807) is 10.7 Å². The number of aromatic nitrogens is 2. The lowest BCUT2D eigenvalue weighted by Gasteiger charge is -2.34. The zero-order chi connectivity index (χ0) is 22.8. The van der Waals surface area contributed by atoms with Crippen LogP contribution >= 0.6 is 0 Å². The summed E-state index contributed by atoms with van der Waals surface area (Å²) >= 11 is 0. The Morgan fingerprint density at radius 2 is 1.73 bits per heavy atom. The highest BCUT2D eigenvalue weighted by molar-refractivity contribution is 5.89. The van der Waals surface area contributed by atoms with Crippen LogP contribution in [-0.2, 0) is 4.79 Å². The van der Waals surface area contributed by atoms with Crippen LogP contribution < -0.4 is 21.3 Å². The highest BCUT2D eigenvalue weighted by Gasteiger charge is 2.40. The summed E-state index contributed by atoms with van der Waals surface area (Å²) in [4.78, 5) is 25.7. The molecular formula is C25H28N6O2. The van der Waals surface area contributed by atoms with Crippen LogP contribution in [0.5, 0.6) is 0 Å². The molecule has 0 bridgehead atoms. The van der Waals surface area contributed by atoms with Crippen LogP contribution in [0.15, 0.2) is 66.7 Å². The number of anilines is 1. The SMILES string of the molecule is Cc1cc(NC(=O)NC(c2ccccc2)c2ccccc2)n(C2NC(=O)C3CCCC3N2)n1. The molecular weight excluding hydrogens is 416 g/mol. The molecule has 33 heavy (non-hydrogen) atoms. The van der Waals surface area contributed by atoms with E-state index in [4.69, 9.17) is 0 Å². The van der Waals surface area contributed by atoms with E-state index in [1.807, 2.05) is 67.6 Å². The van der Waals surface area contributed by atoms with Crippen LogP contribution in [0.2, 0.25) is 0 Å². The Balaban J connectivity index is 1.35. The molecule has 5 rings (SSSR count). The van der Waals surface area contributed by atoms with E-state index in [-0.39, 0.29) is 29.9 Å². The number of fused-ring (bicyclic) bond motifs is 1. The molecule has 2 aromatic carbocycles. The smallest absolute Gasteiger partial charge is 0.321 e. The van der Waals surface area contributed by atoms with Gasteiger partial charge in [-0.3, -0.25) is 15.4 Å². The van der Waals surface area contributed by atoms with E-state index in [0.717, 1.165) is 36.1 Å². The number of nitrogens with one attached hydrogen (secondary N) is 4. The summed E-state index contributed by atoms with van der Waals surface area (Å²) in [5.41, 5.74) is 2.71. The largest absolute Gasteiger partial charge is 0.327 e. The first-order chi connectivity index (χ1) is 16.1. The fraction of sp³-hybridized carbons (Fsp3) is 0.320.